The second kappa shape index (κ2) is 40.6. The number of ether oxygens (including phenoxy) is 2. The molecule has 0 amide bonds. The highest BCUT2D eigenvalue weighted by molar-refractivity contribution is 7.47. The van der Waals surface area contributed by atoms with Gasteiger partial charge in [0, 0.05) is 12.8 Å². The van der Waals surface area contributed by atoms with Gasteiger partial charge in [-0.05, 0) is 64.2 Å². The number of phosphoric ester groups is 1. The molecule has 10 nitrogen and oxygen atoms in total. The lowest BCUT2D eigenvalue weighted by Crippen LogP contribution is -2.29. The van der Waals surface area contributed by atoms with Gasteiger partial charge in [-0.1, -0.05) is 154 Å². The first-order valence-electron chi connectivity index (χ1n) is 22.3. The molecule has 0 spiro atoms. The summed E-state index contributed by atoms with van der Waals surface area (Å²) in [5.74, 6) is -0.938. The molecule has 0 saturated carbocycles. The van der Waals surface area contributed by atoms with E-state index in [0.29, 0.717) is 12.8 Å². The molecular formula is C44H83O10P. The summed E-state index contributed by atoms with van der Waals surface area (Å²) in [5.41, 5.74) is 0. The number of rotatable bonds is 42. The fourth-order valence-electron chi connectivity index (χ4n) is 6.10. The molecule has 0 rings (SSSR count). The van der Waals surface area contributed by atoms with E-state index in [1.807, 2.05) is 0 Å². The summed E-state index contributed by atoms with van der Waals surface area (Å²) in [6.07, 6.45) is 40.0. The highest BCUT2D eigenvalue weighted by Gasteiger charge is 2.27. The average molecular weight is 803 g/mol. The molecule has 0 aliphatic carbocycles. The quantitative estimate of drug-likeness (QED) is 0.0236. The van der Waals surface area contributed by atoms with Crippen molar-refractivity contribution < 1.29 is 47.8 Å². The van der Waals surface area contributed by atoms with E-state index >= 15 is 0 Å². The van der Waals surface area contributed by atoms with Crippen LogP contribution in [0.3, 0.4) is 0 Å². The normalized spacial score (nSPS) is 14.1. The van der Waals surface area contributed by atoms with Gasteiger partial charge in [-0.15, -0.1) is 0 Å². The number of hydrogen-bond acceptors (Lipinski definition) is 9. The SMILES string of the molecule is CCCCCCCCC/C=C\CCCCCCCC(=O)OCC(COP(=O)(O)OCC(O)CO)OC(=O)CCCCCCC/C=C\CCCCCCCCC. The predicted molar refractivity (Wildman–Crippen MR) is 224 cm³/mol. The Labute approximate surface area is 336 Å². The molecule has 0 radical (unpaired) electrons. The third-order valence-corrected chi connectivity index (χ3v) is 10.5. The monoisotopic (exact) mass is 803 g/mol. The number of hydrogen-bond donors (Lipinski definition) is 3. The van der Waals surface area contributed by atoms with Crippen LogP contribution in [0.5, 0.6) is 0 Å². The highest BCUT2D eigenvalue weighted by Crippen LogP contribution is 2.43. The summed E-state index contributed by atoms with van der Waals surface area (Å²) in [5, 5.41) is 18.3. The van der Waals surface area contributed by atoms with E-state index < -0.39 is 51.8 Å². The summed E-state index contributed by atoms with van der Waals surface area (Å²) in [7, 11) is -4.62. The van der Waals surface area contributed by atoms with E-state index in [-0.39, 0.29) is 19.4 Å². The van der Waals surface area contributed by atoms with Crippen LogP contribution in [-0.2, 0) is 32.7 Å². The van der Waals surface area contributed by atoms with Crippen LogP contribution in [0.2, 0.25) is 0 Å². The van der Waals surface area contributed by atoms with Gasteiger partial charge in [0.2, 0.25) is 0 Å². The Bertz CT molecular complexity index is 972. The van der Waals surface area contributed by atoms with Crippen molar-refractivity contribution in [2.45, 2.75) is 219 Å². The zero-order valence-electron chi connectivity index (χ0n) is 35.2. The summed E-state index contributed by atoms with van der Waals surface area (Å²) < 4.78 is 32.7. The van der Waals surface area contributed by atoms with Gasteiger partial charge in [-0.2, -0.15) is 0 Å². The minimum atomic E-state index is -4.62. The average Bonchev–Trinajstić information content (AvgIpc) is 3.17. The third kappa shape index (κ3) is 40.4. The largest absolute Gasteiger partial charge is 0.472 e. The molecule has 3 unspecified atom stereocenters. The second-order valence-electron chi connectivity index (χ2n) is 15.1. The maximum atomic E-state index is 12.6. The smallest absolute Gasteiger partial charge is 0.462 e. The molecule has 0 aromatic rings. The van der Waals surface area contributed by atoms with Crippen molar-refractivity contribution in [1.82, 2.24) is 0 Å². The lowest BCUT2D eigenvalue weighted by Gasteiger charge is -2.20. The number of aliphatic hydroxyl groups is 2. The second-order valence-corrected chi connectivity index (χ2v) is 16.5. The summed E-state index contributed by atoms with van der Waals surface area (Å²) >= 11 is 0. The van der Waals surface area contributed by atoms with Gasteiger partial charge in [0.1, 0.15) is 12.7 Å². The van der Waals surface area contributed by atoms with Gasteiger partial charge in [0.15, 0.2) is 6.10 Å². The minimum absolute atomic E-state index is 0.174. The molecular weight excluding hydrogens is 719 g/mol. The predicted octanol–water partition coefficient (Wildman–Crippen LogP) is 11.8. The van der Waals surface area contributed by atoms with E-state index in [9.17, 15) is 24.2 Å². The van der Waals surface area contributed by atoms with Crippen LogP contribution in [0.25, 0.3) is 0 Å². The molecule has 3 atom stereocenters. The standard InChI is InChI=1S/C44H83O10P/c1-3-5-7-9-11-13-15-17-19-21-23-25-27-29-31-33-35-43(47)51-39-42(40-53-55(49,50)52-38-41(46)37-45)54-44(48)36-34-32-30-28-26-24-22-20-18-16-14-12-10-8-6-4-2/h19-22,41-42,45-46H,3-18,23-40H2,1-2H3,(H,49,50)/b21-19-,22-20-. The van der Waals surface area contributed by atoms with Gasteiger partial charge in [0.05, 0.1) is 19.8 Å². The van der Waals surface area contributed by atoms with E-state index in [1.54, 1.807) is 0 Å². The van der Waals surface area contributed by atoms with Crippen LogP contribution >= 0.6 is 7.82 Å². The van der Waals surface area contributed by atoms with Gasteiger partial charge < -0.3 is 24.6 Å². The van der Waals surface area contributed by atoms with Crippen molar-refractivity contribution in [2.75, 3.05) is 26.4 Å². The molecule has 0 saturated heterocycles. The molecule has 0 aliphatic heterocycles. The number of phosphoric acid groups is 1. The topological polar surface area (TPSA) is 149 Å². The Morgan fingerprint density at radius 2 is 0.891 bits per heavy atom. The van der Waals surface area contributed by atoms with Crippen molar-refractivity contribution in [2.24, 2.45) is 0 Å². The first-order valence-corrected chi connectivity index (χ1v) is 23.8. The zero-order chi connectivity index (χ0) is 40.5. The van der Waals surface area contributed by atoms with Crippen LogP contribution in [-0.4, -0.2) is 65.7 Å². The van der Waals surface area contributed by atoms with Crippen LogP contribution in [0.4, 0.5) is 0 Å². The summed E-state index contributed by atoms with van der Waals surface area (Å²) in [4.78, 5) is 35.0. The van der Waals surface area contributed by atoms with E-state index in [1.165, 1.54) is 96.3 Å². The first kappa shape index (κ1) is 53.5. The number of allylic oxidation sites excluding steroid dienone is 4. The molecule has 0 heterocycles. The van der Waals surface area contributed by atoms with Gasteiger partial charge in [-0.25, -0.2) is 4.57 Å². The van der Waals surface area contributed by atoms with Crippen molar-refractivity contribution in [3.63, 3.8) is 0 Å². The third-order valence-electron chi connectivity index (χ3n) is 9.58. The maximum absolute atomic E-state index is 12.6. The Balaban J connectivity index is 4.30. The van der Waals surface area contributed by atoms with Crippen molar-refractivity contribution in [1.29, 1.82) is 0 Å². The van der Waals surface area contributed by atoms with E-state index in [0.717, 1.165) is 70.6 Å². The van der Waals surface area contributed by atoms with Gasteiger partial charge in [-0.3, -0.25) is 18.6 Å². The number of carbonyl (C=O) groups excluding carboxylic acids is 2. The van der Waals surface area contributed by atoms with Crippen LogP contribution in [0.15, 0.2) is 24.3 Å². The van der Waals surface area contributed by atoms with Gasteiger partial charge >= 0.3 is 19.8 Å². The number of unbranched alkanes of at least 4 members (excludes halogenated alkanes) is 24. The Hall–Kier alpha value is -1.55. The fourth-order valence-corrected chi connectivity index (χ4v) is 6.89. The van der Waals surface area contributed by atoms with Crippen molar-refractivity contribution in [3.8, 4) is 0 Å². The van der Waals surface area contributed by atoms with Crippen LogP contribution in [0, 0.1) is 0 Å². The van der Waals surface area contributed by atoms with E-state index in [4.69, 9.17) is 19.1 Å². The summed E-state index contributed by atoms with van der Waals surface area (Å²) in [6.45, 7) is 2.37. The number of esters is 2. The highest BCUT2D eigenvalue weighted by atomic mass is 31.2. The Kier molecular flexibility index (Phi) is 39.5. The van der Waals surface area contributed by atoms with Gasteiger partial charge in [0.25, 0.3) is 0 Å². The Morgan fingerprint density at radius 3 is 1.31 bits per heavy atom. The molecule has 0 fully saturated rings. The lowest BCUT2D eigenvalue weighted by molar-refractivity contribution is -0.161. The molecule has 3 N–H and O–H groups in total. The van der Waals surface area contributed by atoms with Crippen molar-refractivity contribution >= 4 is 19.8 Å². The molecule has 0 aromatic heterocycles. The lowest BCUT2D eigenvalue weighted by atomic mass is 10.1. The fraction of sp³-hybridized carbons (Fsp3) is 0.864. The first-order chi connectivity index (χ1) is 26.7. The molecule has 11 heteroatoms. The minimum Gasteiger partial charge on any atom is -0.462 e. The molecule has 324 valence electrons. The molecule has 55 heavy (non-hydrogen) atoms. The number of aliphatic hydroxyl groups excluding tert-OH is 2. The molecule has 0 bridgehead atoms. The zero-order valence-corrected chi connectivity index (χ0v) is 36.0. The summed E-state index contributed by atoms with van der Waals surface area (Å²) in [6, 6.07) is 0. The van der Waals surface area contributed by atoms with Crippen LogP contribution in [0.1, 0.15) is 206 Å². The van der Waals surface area contributed by atoms with E-state index in [2.05, 4.69) is 42.7 Å². The van der Waals surface area contributed by atoms with Crippen LogP contribution < -0.4 is 0 Å². The maximum Gasteiger partial charge on any atom is 0.472 e. The van der Waals surface area contributed by atoms with Crippen molar-refractivity contribution in [3.05, 3.63) is 24.3 Å². The Morgan fingerprint density at radius 1 is 0.527 bits per heavy atom. The number of carbonyl (C=O) groups is 2. The molecule has 0 aliphatic rings. The molecule has 0 aromatic carbocycles.